The molecule has 5 heteroatoms. The van der Waals surface area contributed by atoms with Crippen LogP contribution in [0.1, 0.15) is 50.5 Å². The third kappa shape index (κ3) is 5.83. The van der Waals surface area contributed by atoms with E-state index in [1.807, 2.05) is 6.20 Å². The molecule has 5 nitrogen and oxygen atoms in total. The quantitative estimate of drug-likeness (QED) is 0.689. The number of piperidine rings is 1. The van der Waals surface area contributed by atoms with Crippen molar-refractivity contribution in [1.82, 2.24) is 19.8 Å². The molecule has 0 aromatic carbocycles. The summed E-state index contributed by atoms with van der Waals surface area (Å²) in [6, 6.07) is 2.71. The van der Waals surface area contributed by atoms with Crippen molar-refractivity contribution < 1.29 is 4.74 Å². The maximum atomic E-state index is 5.24. The summed E-state index contributed by atoms with van der Waals surface area (Å²) in [7, 11) is 3.99. The summed E-state index contributed by atoms with van der Waals surface area (Å²) in [6.07, 6.45) is 5.46. The zero-order valence-electron chi connectivity index (χ0n) is 15.2. The molecular weight excluding hydrogens is 288 g/mol. The van der Waals surface area contributed by atoms with Crippen LogP contribution in [-0.4, -0.2) is 66.2 Å². The van der Waals surface area contributed by atoms with Gasteiger partial charge in [-0.3, -0.25) is 4.90 Å². The van der Waals surface area contributed by atoms with Gasteiger partial charge in [-0.25, -0.2) is 9.97 Å². The molecule has 0 aliphatic carbocycles. The van der Waals surface area contributed by atoms with Crippen LogP contribution in [0.2, 0.25) is 0 Å². The lowest BCUT2D eigenvalue weighted by molar-refractivity contribution is 0.0989. The van der Waals surface area contributed by atoms with Gasteiger partial charge >= 0.3 is 0 Å². The predicted octanol–water partition coefficient (Wildman–Crippen LogP) is 2.53. The molecule has 0 spiro atoms. The lowest BCUT2D eigenvalue weighted by Gasteiger charge is -2.37. The van der Waals surface area contributed by atoms with E-state index in [0.717, 1.165) is 37.6 Å². The average Bonchev–Trinajstić information content (AvgIpc) is 2.55. The second-order valence-electron chi connectivity index (χ2n) is 6.91. The first kappa shape index (κ1) is 18.3. The number of rotatable bonds is 8. The highest BCUT2D eigenvalue weighted by Gasteiger charge is 2.23. The van der Waals surface area contributed by atoms with E-state index < -0.39 is 0 Å². The van der Waals surface area contributed by atoms with Crippen LogP contribution in [0.3, 0.4) is 0 Å². The molecule has 1 aromatic rings. The highest BCUT2D eigenvalue weighted by Crippen LogP contribution is 2.19. The fraction of sp³-hybridized carbons (Fsp3) is 0.778. The number of likely N-dealkylation sites (tertiary alicyclic amines) is 1. The van der Waals surface area contributed by atoms with Crippen molar-refractivity contribution in [3.8, 4) is 0 Å². The van der Waals surface area contributed by atoms with E-state index in [4.69, 9.17) is 9.72 Å². The summed E-state index contributed by atoms with van der Waals surface area (Å²) in [4.78, 5) is 14.2. The molecule has 23 heavy (non-hydrogen) atoms. The fourth-order valence-corrected chi connectivity index (χ4v) is 3.15. The minimum atomic E-state index is 0.375. The summed E-state index contributed by atoms with van der Waals surface area (Å²) >= 11 is 0. The predicted molar refractivity (Wildman–Crippen MR) is 93.5 cm³/mol. The number of hydrogen-bond donors (Lipinski definition) is 0. The normalized spacial score (nSPS) is 17.3. The van der Waals surface area contributed by atoms with Crippen molar-refractivity contribution in [3.63, 3.8) is 0 Å². The molecule has 0 N–H and O–H groups in total. The molecule has 2 heterocycles. The smallest absolute Gasteiger partial charge is 0.131 e. The Hall–Kier alpha value is -1.04. The van der Waals surface area contributed by atoms with Crippen LogP contribution < -0.4 is 0 Å². The van der Waals surface area contributed by atoms with Gasteiger partial charge in [-0.1, -0.05) is 13.8 Å². The number of aromatic nitrogens is 2. The van der Waals surface area contributed by atoms with E-state index in [9.17, 15) is 0 Å². The average molecular weight is 320 g/mol. The molecule has 0 radical (unpaired) electrons. The monoisotopic (exact) mass is 320 g/mol. The van der Waals surface area contributed by atoms with Gasteiger partial charge in [-0.15, -0.1) is 0 Å². The van der Waals surface area contributed by atoms with Crippen LogP contribution in [0.15, 0.2) is 12.3 Å². The molecule has 1 aliphatic heterocycles. The molecule has 0 unspecified atom stereocenters. The third-order valence-corrected chi connectivity index (χ3v) is 4.61. The third-order valence-electron chi connectivity index (χ3n) is 4.61. The largest absolute Gasteiger partial charge is 0.385 e. The molecule has 0 bridgehead atoms. The SMILES string of the molecule is COCCCN(Cc1ccnc(C(C)C)n1)C1CCN(C)CC1. The van der Waals surface area contributed by atoms with Gasteiger partial charge in [0.05, 0.1) is 5.69 Å². The van der Waals surface area contributed by atoms with Crippen molar-refractivity contribution in [2.24, 2.45) is 0 Å². The zero-order chi connectivity index (χ0) is 16.7. The molecule has 0 amide bonds. The molecule has 130 valence electrons. The lowest BCUT2D eigenvalue weighted by atomic mass is 10.0. The van der Waals surface area contributed by atoms with Gasteiger partial charge in [-0.2, -0.15) is 0 Å². The summed E-state index contributed by atoms with van der Waals surface area (Å²) in [5.74, 6) is 1.32. The Bertz CT molecular complexity index is 458. The Morgan fingerprint density at radius 2 is 2.09 bits per heavy atom. The van der Waals surface area contributed by atoms with Gasteiger partial charge in [0.15, 0.2) is 0 Å². The van der Waals surface area contributed by atoms with E-state index >= 15 is 0 Å². The topological polar surface area (TPSA) is 41.5 Å². The number of ether oxygens (including phenoxy) is 1. The van der Waals surface area contributed by atoms with Gasteiger partial charge < -0.3 is 9.64 Å². The molecule has 1 saturated heterocycles. The molecular formula is C18H32N4O. The van der Waals surface area contributed by atoms with Crippen molar-refractivity contribution in [1.29, 1.82) is 0 Å². The van der Waals surface area contributed by atoms with E-state index in [-0.39, 0.29) is 0 Å². The van der Waals surface area contributed by atoms with Crippen molar-refractivity contribution >= 4 is 0 Å². The van der Waals surface area contributed by atoms with Crippen LogP contribution in [0, 0.1) is 0 Å². The molecule has 0 atom stereocenters. The van der Waals surface area contributed by atoms with Crippen LogP contribution in [0.25, 0.3) is 0 Å². The Morgan fingerprint density at radius 3 is 2.74 bits per heavy atom. The summed E-state index contributed by atoms with van der Waals surface area (Å²) < 4.78 is 5.24. The molecule has 2 rings (SSSR count). The number of methoxy groups -OCH3 is 1. The first-order chi connectivity index (χ1) is 11.1. The summed E-state index contributed by atoms with van der Waals surface area (Å²) in [5, 5.41) is 0. The van der Waals surface area contributed by atoms with Crippen LogP contribution in [-0.2, 0) is 11.3 Å². The second kappa shape index (κ2) is 9.30. The van der Waals surface area contributed by atoms with Gasteiger partial charge in [0.1, 0.15) is 5.82 Å². The first-order valence-corrected chi connectivity index (χ1v) is 8.83. The minimum absolute atomic E-state index is 0.375. The van der Waals surface area contributed by atoms with Gasteiger partial charge in [-0.05, 0) is 45.5 Å². The summed E-state index contributed by atoms with van der Waals surface area (Å²) in [5.41, 5.74) is 1.14. The van der Waals surface area contributed by atoms with E-state index in [0.29, 0.717) is 12.0 Å². The number of nitrogens with zero attached hydrogens (tertiary/aromatic N) is 4. The van der Waals surface area contributed by atoms with E-state index in [1.165, 1.54) is 25.9 Å². The minimum Gasteiger partial charge on any atom is -0.385 e. The van der Waals surface area contributed by atoms with Gasteiger partial charge in [0.25, 0.3) is 0 Å². The van der Waals surface area contributed by atoms with Crippen LogP contribution in [0.5, 0.6) is 0 Å². The Morgan fingerprint density at radius 1 is 1.35 bits per heavy atom. The molecule has 1 aromatic heterocycles. The van der Waals surface area contributed by atoms with Crippen molar-refractivity contribution in [2.45, 2.75) is 51.6 Å². The van der Waals surface area contributed by atoms with Crippen molar-refractivity contribution in [3.05, 3.63) is 23.8 Å². The van der Waals surface area contributed by atoms with Crippen molar-refractivity contribution in [2.75, 3.05) is 40.4 Å². The fourth-order valence-electron chi connectivity index (χ4n) is 3.15. The maximum Gasteiger partial charge on any atom is 0.131 e. The lowest BCUT2D eigenvalue weighted by Crippen LogP contribution is -2.44. The highest BCUT2D eigenvalue weighted by atomic mass is 16.5. The van der Waals surface area contributed by atoms with Crippen LogP contribution in [0.4, 0.5) is 0 Å². The molecule has 1 fully saturated rings. The molecule has 1 aliphatic rings. The van der Waals surface area contributed by atoms with Crippen LogP contribution >= 0.6 is 0 Å². The summed E-state index contributed by atoms with van der Waals surface area (Å²) in [6.45, 7) is 9.48. The second-order valence-corrected chi connectivity index (χ2v) is 6.91. The number of hydrogen-bond acceptors (Lipinski definition) is 5. The van der Waals surface area contributed by atoms with E-state index in [2.05, 4.69) is 41.7 Å². The Labute approximate surface area is 141 Å². The first-order valence-electron chi connectivity index (χ1n) is 8.83. The molecule has 0 saturated carbocycles. The highest BCUT2D eigenvalue weighted by molar-refractivity contribution is 5.05. The van der Waals surface area contributed by atoms with Gasteiger partial charge in [0.2, 0.25) is 0 Å². The Kier molecular flexibility index (Phi) is 7.40. The Balaban J connectivity index is 2.02. The van der Waals surface area contributed by atoms with E-state index in [1.54, 1.807) is 7.11 Å². The maximum absolute atomic E-state index is 5.24. The standard InChI is InChI=1S/C18H32N4O/c1-15(2)18-19-9-6-16(20-18)14-22(10-5-13-23-4)17-7-11-21(3)12-8-17/h6,9,15,17H,5,7-8,10-14H2,1-4H3. The van der Waals surface area contributed by atoms with Gasteiger partial charge in [0, 0.05) is 45.0 Å². The zero-order valence-corrected chi connectivity index (χ0v) is 15.2.